The Hall–Kier alpha value is -3.31. The number of thiophene rings is 1. The number of furan rings is 1. The quantitative estimate of drug-likeness (QED) is 0.0895. The molecule has 0 bridgehead atoms. The number of aliphatic hydroxyl groups excluding tert-OH is 1. The van der Waals surface area contributed by atoms with Crippen molar-refractivity contribution in [2.45, 2.75) is 87.5 Å². The average Bonchev–Trinajstić information content (AvgIpc) is 3.59. The zero-order valence-corrected chi connectivity index (χ0v) is 32.7. The van der Waals surface area contributed by atoms with E-state index in [1.54, 1.807) is 0 Å². The van der Waals surface area contributed by atoms with Gasteiger partial charge in [0.15, 0.2) is 5.78 Å². The molecule has 0 saturated carbocycles. The van der Waals surface area contributed by atoms with Gasteiger partial charge < -0.3 is 9.52 Å². The molecule has 3 aromatic heterocycles. The van der Waals surface area contributed by atoms with Crippen LogP contribution in [0, 0.1) is 30.2 Å². The molecule has 0 aliphatic carbocycles. The van der Waals surface area contributed by atoms with Gasteiger partial charge in [0.2, 0.25) is 0 Å². The van der Waals surface area contributed by atoms with Crippen LogP contribution >= 0.6 is 11.3 Å². The topological polar surface area (TPSA) is 63.3 Å². The van der Waals surface area contributed by atoms with E-state index in [1.165, 1.54) is 32.0 Å². The number of fused-ring (bicyclic) bond motifs is 6. The van der Waals surface area contributed by atoms with Gasteiger partial charge in [-0.2, -0.15) is 0 Å². The Balaban J connectivity index is 0.000000279. The molecule has 0 fully saturated rings. The number of pyridine rings is 1. The van der Waals surface area contributed by atoms with E-state index in [9.17, 15) is 9.90 Å². The van der Waals surface area contributed by atoms with Crippen molar-refractivity contribution in [2.24, 2.45) is 17.3 Å². The summed E-state index contributed by atoms with van der Waals surface area (Å²) >= 11 is 1.87. The van der Waals surface area contributed by atoms with Crippen molar-refractivity contribution in [2.75, 3.05) is 0 Å². The minimum Gasteiger partial charge on any atom is -0.512 e. The molecule has 0 atom stereocenters. The second kappa shape index (κ2) is 15.9. The molecule has 6 heteroatoms. The van der Waals surface area contributed by atoms with E-state index in [4.69, 9.17) is 9.40 Å². The summed E-state index contributed by atoms with van der Waals surface area (Å²) in [6.45, 7) is 17.2. The van der Waals surface area contributed by atoms with E-state index in [0.717, 1.165) is 70.7 Å². The van der Waals surface area contributed by atoms with Crippen LogP contribution < -0.4 is 0 Å². The maximum absolute atomic E-state index is 11.7. The third-order valence-electron chi connectivity index (χ3n) is 9.24. The van der Waals surface area contributed by atoms with Gasteiger partial charge in [0.1, 0.15) is 5.58 Å². The number of ketones is 1. The Morgan fingerprint density at radius 3 is 2.19 bits per heavy atom. The number of benzene rings is 3. The second-order valence-electron chi connectivity index (χ2n) is 13.8. The molecule has 0 aliphatic rings. The van der Waals surface area contributed by atoms with Gasteiger partial charge in [-0.1, -0.05) is 95.8 Å². The number of aromatic nitrogens is 1. The molecule has 6 rings (SSSR count). The molecule has 0 unspecified atom stereocenters. The number of carbonyl (C=O) groups is 1. The third kappa shape index (κ3) is 7.77. The SMILES string of the molecule is CCC(CC)C(=O)/C=C(\O)C(CC)CC.Cc1c(CC(C)(C)C)sc2c(-c3[c-]c4ccccc4c4c3oc3ccccc34)nccc12.[Ir]. The average molecular weight is 839 g/mol. The summed E-state index contributed by atoms with van der Waals surface area (Å²) in [5.41, 5.74) is 5.28. The maximum Gasteiger partial charge on any atom is 0.162 e. The molecule has 0 amide bonds. The van der Waals surface area contributed by atoms with Gasteiger partial charge in [-0.05, 0) is 72.9 Å². The number of hydrogen-bond acceptors (Lipinski definition) is 5. The summed E-state index contributed by atoms with van der Waals surface area (Å²) in [6.07, 6.45) is 7.89. The van der Waals surface area contributed by atoms with E-state index >= 15 is 0 Å². The molecular weight excluding hydrogens is 791 g/mol. The Labute approximate surface area is 303 Å². The molecule has 4 nitrogen and oxygen atoms in total. The molecule has 48 heavy (non-hydrogen) atoms. The fraction of sp³-hybridized carbons (Fsp3) is 0.381. The molecule has 3 heterocycles. The first-order valence-electron chi connectivity index (χ1n) is 17.1. The van der Waals surface area contributed by atoms with Crippen LogP contribution in [0.15, 0.2) is 77.0 Å². The van der Waals surface area contributed by atoms with Crippen LogP contribution in [0.1, 0.15) is 84.6 Å². The molecular formula is C42H48IrNO3S-. The maximum atomic E-state index is 11.7. The van der Waals surface area contributed by atoms with Gasteiger partial charge in [-0.15, -0.1) is 28.9 Å². The van der Waals surface area contributed by atoms with Gasteiger partial charge in [-0.3, -0.25) is 9.78 Å². The predicted octanol–water partition coefficient (Wildman–Crippen LogP) is 12.6. The monoisotopic (exact) mass is 839 g/mol. The van der Waals surface area contributed by atoms with Crippen LogP contribution in [0.25, 0.3) is 54.1 Å². The fourth-order valence-corrected chi connectivity index (χ4v) is 8.06. The smallest absolute Gasteiger partial charge is 0.162 e. The number of allylic oxidation sites excluding steroid dienone is 2. The minimum absolute atomic E-state index is 0. The fourth-order valence-electron chi connectivity index (χ4n) is 6.46. The first-order valence-corrected chi connectivity index (χ1v) is 17.9. The summed E-state index contributed by atoms with van der Waals surface area (Å²) in [7, 11) is 0. The van der Waals surface area contributed by atoms with Crippen LogP contribution in [0.5, 0.6) is 0 Å². The summed E-state index contributed by atoms with van der Waals surface area (Å²) in [5.74, 6) is 0.547. The van der Waals surface area contributed by atoms with Gasteiger partial charge in [0.05, 0.1) is 11.3 Å². The zero-order valence-electron chi connectivity index (χ0n) is 29.5. The zero-order chi connectivity index (χ0) is 33.9. The van der Waals surface area contributed by atoms with Crippen LogP contribution in [-0.4, -0.2) is 15.9 Å². The van der Waals surface area contributed by atoms with Crippen molar-refractivity contribution in [1.82, 2.24) is 4.98 Å². The van der Waals surface area contributed by atoms with Crippen LogP contribution in [0.3, 0.4) is 0 Å². The molecule has 3 aromatic carbocycles. The van der Waals surface area contributed by atoms with Gasteiger partial charge in [0, 0.05) is 64.9 Å². The number of para-hydroxylation sites is 1. The van der Waals surface area contributed by atoms with Gasteiger partial charge in [0.25, 0.3) is 0 Å². The van der Waals surface area contributed by atoms with E-state index in [2.05, 4.69) is 76.2 Å². The molecule has 0 saturated heterocycles. The molecule has 0 spiro atoms. The van der Waals surface area contributed by atoms with E-state index in [0.29, 0.717) is 0 Å². The van der Waals surface area contributed by atoms with E-state index < -0.39 is 0 Å². The van der Waals surface area contributed by atoms with Crippen LogP contribution in [0.2, 0.25) is 0 Å². The molecule has 6 aromatic rings. The minimum atomic E-state index is 0. The summed E-state index contributed by atoms with van der Waals surface area (Å²) in [4.78, 5) is 18.0. The third-order valence-corrected chi connectivity index (χ3v) is 10.6. The van der Waals surface area contributed by atoms with Crippen molar-refractivity contribution >= 4 is 59.9 Å². The number of hydrogen-bond donors (Lipinski definition) is 1. The van der Waals surface area contributed by atoms with Gasteiger partial charge in [-0.25, -0.2) is 0 Å². The van der Waals surface area contributed by atoms with Crippen molar-refractivity contribution in [1.29, 1.82) is 0 Å². The molecule has 1 N–H and O–H groups in total. The number of aliphatic hydroxyl groups is 1. The molecule has 255 valence electrons. The Morgan fingerprint density at radius 1 is 0.917 bits per heavy atom. The Morgan fingerprint density at radius 2 is 1.54 bits per heavy atom. The Bertz CT molecular complexity index is 2050. The first-order chi connectivity index (χ1) is 22.5. The second-order valence-corrected chi connectivity index (χ2v) is 14.9. The number of nitrogens with zero attached hydrogens (tertiary/aromatic N) is 1. The van der Waals surface area contributed by atoms with Crippen molar-refractivity contribution in [3.63, 3.8) is 0 Å². The number of aryl methyl sites for hydroxylation is 1. The summed E-state index contributed by atoms with van der Waals surface area (Å²) in [5, 5.41) is 15.6. The van der Waals surface area contributed by atoms with Crippen LogP contribution in [-0.2, 0) is 31.3 Å². The molecule has 1 radical (unpaired) electrons. The largest absolute Gasteiger partial charge is 0.512 e. The number of carbonyl (C=O) groups excluding carboxylic acids is 1. The standard InChI is InChI=1S/C29H24NOS.C13H24O2.Ir/c1-17-19-13-14-30-26(28(19)32-24(17)16-29(2,3)4)22-15-18-9-5-6-10-20(18)25-21-11-7-8-12-23(21)31-27(22)25;1-5-10(6-2)12(14)9-13(15)11(7-3)8-4;/h5-14H,16H2,1-4H3;9-11,14H,5-8H2,1-4H3;/q-1;;/b;12-9-;. The van der Waals surface area contributed by atoms with E-state index in [-0.39, 0.29) is 48.9 Å². The van der Waals surface area contributed by atoms with Crippen molar-refractivity contribution in [3.8, 4) is 11.3 Å². The normalized spacial score (nSPS) is 12.2. The summed E-state index contributed by atoms with van der Waals surface area (Å²) < 4.78 is 7.67. The molecule has 0 aliphatic heterocycles. The van der Waals surface area contributed by atoms with Crippen molar-refractivity contribution < 1.29 is 34.4 Å². The van der Waals surface area contributed by atoms with E-state index in [1.807, 2.05) is 57.4 Å². The van der Waals surface area contributed by atoms with Crippen LogP contribution in [0.4, 0.5) is 0 Å². The Kier molecular flexibility index (Phi) is 12.5. The van der Waals surface area contributed by atoms with Gasteiger partial charge >= 0.3 is 0 Å². The first kappa shape index (κ1) is 37.5. The van der Waals surface area contributed by atoms with Crippen molar-refractivity contribution in [3.05, 3.63) is 89.1 Å². The summed E-state index contributed by atoms with van der Waals surface area (Å²) in [6, 6.07) is 22.5. The number of rotatable bonds is 9. The predicted molar refractivity (Wildman–Crippen MR) is 200 cm³/mol.